The van der Waals surface area contributed by atoms with Crippen LogP contribution < -0.4 is 10.6 Å². The number of carboxylic acid groups (broad SMARTS) is 1. The quantitative estimate of drug-likeness (QED) is 0.433. The number of hydrogen-bond donors (Lipinski definition) is 4. The molecule has 3 atom stereocenters. The molecule has 1 aliphatic rings. The van der Waals surface area contributed by atoms with E-state index < -0.39 is 30.1 Å². The van der Waals surface area contributed by atoms with Gasteiger partial charge in [0.1, 0.15) is 18.7 Å². The van der Waals surface area contributed by atoms with Crippen molar-refractivity contribution in [2.45, 2.75) is 38.3 Å². The van der Waals surface area contributed by atoms with Crippen molar-refractivity contribution < 1.29 is 24.2 Å². The summed E-state index contributed by atoms with van der Waals surface area (Å²) in [5.41, 5.74) is 4.41. The van der Waals surface area contributed by atoms with Crippen molar-refractivity contribution in [2.75, 3.05) is 12.4 Å². The van der Waals surface area contributed by atoms with Gasteiger partial charge < -0.3 is 20.5 Å². The lowest BCUT2D eigenvalue weighted by Crippen LogP contribution is -2.54. The van der Waals surface area contributed by atoms with Gasteiger partial charge in [-0.2, -0.15) is 12.6 Å². The lowest BCUT2D eigenvalue weighted by atomic mass is 9.98. The van der Waals surface area contributed by atoms with Crippen molar-refractivity contribution in [3.05, 3.63) is 59.7 Å². The number of aliphatic carboxylic acids is 1. The highest BCUT2D eigenvalue weighted by molar-refractivity contribution is 7.80. The number of nitrogens with one attached hydrogen (secondary N) is 2. The van der Waals surface area contributed by atoms with Crippen molar-refractivity contribution >= 4 is 30.6 Å². The molecule has 8 heteroatoms. The number of carbonyl (C=O) groups is 3. The zero-order valence-corrected chi connectivity index (χ0v) is 19.0. The van der Waals surface area contributed by atoms with Gasteiger partial charge in [0.15, 0.2) is 0 Å². The molecule has 3 unspecified atom stereocenters. The number of hydrogen-bond acceptors (Lipinski definition) is 5. The average Bonchev–Trinajstić information content (AvgIpc) is 3.12. The summed E-state index contributed by atoms with van der Waals surface area (Å²) >= 11 is 4.13. The molecular weight excluding hydrogens is 428 g/mol. The largest absolute Gasteiger partial charge is 0.480 e. The van der Waals surface area contributed by atoms with Crippen molar-refractivity contribution in [3.63, 3.8) is 0 Å². The summed E-state index contributed by atoms with van der Waals surface area (Å²) in [5, 5.41) is 14.4. The van der Waals surface area contributed by atoms with Crippen molar-refractivity contribution in [1.82, 2.24) is 10.6 Å². The number of carboxylic acids is 1. The third kappa shape index (κ3) is 5.07. The van der Waals surface area contributed by atoms with Gasteiger partial charge in [-0.05, 0) is 28.2 Å². The van der Waals surface area contributed by atoms with E-state index in [9.17, 15) is 19.5 Å². The lowest BCUT2D eigenvalue weighted by Gasteiger charge is -2.23. The van der Waals surface area contributed by atoms with E-state index in [-0.39, 0.29) is 24.2 Å². The van der Waals surface area contributed by atoms with Crippen LogP contribution in [0, 0.1) is 5.92 Å². The van der Waals surface area contributed by atoms with Gasteiger partial charge in [-0.1, -0.05) is 68.8 Å². The Kier molecular flexibility index (Phi) is 7.80. The number of amides is 2. The predicted octanol–water partition coefficient (Wildman–Crippen LogP) is 3.44. The number of fused-ring (bicyclic) bond motifs is 3. The first-order valence-electron chi connectivity index (χ1n) is 10.6. The van der Waals surface area contributed by atoms with Crippen LogP contribution in [0.5, 0.6) is 0 Å². The SMILES string of the molecule is CCC(C)C(NC(=O)C(CS)NC(=O)OCC1c2ccccc2-c2ccccc21)C(=O)O. The standard InChI is InChI=1S/C24H28N2O5S/c1-3-14(2)21(23(28)29)26-22(27)20(13-32)25-24(30)31-12-19-17-10-6-4-8-15(17)16-9-5-7-11-18(16)19/h4-11,14,19-21,32H,3,12-13H2,1-2H3,(H,25,30)(H,26,27)(H,28,29). The Balaban J connectivity index is 1.63. The highest BCUT2D eigenvalue weighted by atomic mass is 32.1. The Hall–Kier alpha value is -3.00. The molecule has 0 spiro atoms. The Morgan fingerprint density at radius 3 is 2.09 bits per heavy atom. The van der Waals surface area contributed by atoms with E-state index in [2.05, 4.69) is 23.3 Å². The fraction of sp³-hybridized carbons (Fsp3) is 0.375. The smallest absolute Gasteiger partial charge is 0.407 e. The molecule has 0 radical (unpaired) electrons. The minimum absolute atomic E-state index is 0.00285. The second-order valence-electron chi connectivity index (χ2n) is 7.92. The third-order valence-corrected chi connectivity index (χ3v) is 6.28. The summed E-state index contributed by atoms with van der Waals surface area (Å²) in [4.78, 5) is 36.5. The van der Waals surface area contributed by atoms with E-state index in [0.717, 1.165) is 22.3 Å². The first kappa shape index (κ1) is 23.7. The summed E-state index contributed by atoms with van der Waals surface area (Å²) in [7, 11) is 0. The molecule has 2 aromatic carbocycles. The number of rotatable bonds is 9. The van der Waals surface area contributed by atoms with Gasteiger partial charge in [-0.3, -0.25) is 4.79 Å². The van der Waals surface area contributed by atoms with Crippen LogP contribution in [0.4, 0.5) is 4.79 Å². The Morgan fingerprint density at radius 1 is 1.03 bits per heavy atom. The van der Waals surface area contributed by atoms with Crippen molar-refractivity contribution in [1.29, 1.82) is 0 Å². The van der Waals surface area contributed by atoms with Crippen LogP contribution in [-0.4, -0.2) is 47.5 Å². The van der Waals surface area contributed by atoms with Crippen LogP contribution in [0.2, 0.25) is 0 Å². The number of benzene rings is 2. The van der Waals surface area contributed by atoms with Crippen LogP contribution in [0.1, 0.15) is 37.3 Å². The predicted molar refractivity (Wildman–Crippen MR) is 125 cm³/mol. The molecule has 3 N–H and O–H groups in total. The summed E-state index contributed by atoms with van der Waals surface area (Å²) in [6, 6.07) is 13.9. The minimum atomic E-state index is -1.12. The number of ether oxygens (including phenoxy) is 1. The van der Waals surface area contributed by atoms with Gasteiger partial charge in [0.2, 0.25) is 5.91 Å². The topological polar surface area (TPSA) is 105 Å². The number of carbonyl (C=O) groups excluding carboxylic acids is 2. The molecule has 0 fully saturated rings. The molecule has 0 aliphatic heterocycles. The molecule has 0 aromatic heterocycles. The molecule has 0 saturated carbocycles. The first-order chi connectivity index (χ1) is 15.4. The van der Waals surface area contributed by atoms with Crippen molar-refractivity contribution in [3.8, 4) is 11.1 Å². The molecule has 2 aromatic rings. The second kappa shape index (κ2) is 10.5. The van der Waals surface area contributed by atoms with Gasteiger partial charge >= 0.3 is 12.1 Å². The maximum Gasteiger partial charge on any atom is 0.407 e. The molecular formula is C24H28N2O5S. The first-order valence-corrected chi connectivity index (χ1v) is 11.3. The molecule has 0 bridgehead atoms. The van der Waals surface area contributed by atoms with E-state index in [1.165, 1.54) is 0 Å². The lowest BCUT2D eigenvalue weighted by molar-refractivity contribution is -0.143. The van der Waals surface area contributed by atoms with E-state index in [0.29, 0.717) is 6.42 Å². The fourth-order valence-corrected chi connectivity index (χ4v) is 4.17. The van der Waals surface area contributed by atoms with E-state index in [1.807, 2.05) is 55.5 Å². The van der Waals surface area contributed by atoms with Gasteiger partial charge in [0.05, 0.1) is 0 Å². The molecule has 170 valence electrons. The zero-order valence-electron chi connectivity index (χ0n) is 18.1. The van der Waals surface area contributed by atoms with Crippen LogP contribution in [0.25, 0.3) is 11.1 Å². The monoisotopic (exact) mass is 456 g/mol. The second-order valence-corrected chi connectivity index (χ2v) is 8.28. The van der Waals surface area contributed by atoms with Crippen LogP contribution in [0.15, 0.2) is 48.5 Å². The Morgan fingerprint density at radius 2 is 1.59 bits per heavy atom. The highest BCUT2D eigenvalue weighted by Gasteiger charge is 2.31. The third-order valence-electron chi connectivity index (χ3n) is 5.91. The maximum absolute atomic E-state index is 12.5. The van der Waals surface area contributed by atoms with E-state index >= 15 is 0 Å². The zero-order chi connectivity index (χ0) is 23.3. The van der Waals surface area contributed by atoms with Crippen LogP contribution in [0.3, 0.4) is 0 Å². The van der Waals surface area contributed by atoms with Crippen molar-refractivity contribution in [2.24, 2.45) is 5.92 Å². The fourth-order valence-electron chi connectivity index (χ4n) is 3.91. The molecule has 0 saturated heterocycles. The maximum atomic E-state index is 12.5. The molecule has 7 nitrogen and oxygen atoms in total. The highest BCUT2D eigenvalue weighted by Crippen LogP contribution is 2.44. The normalized spacial score (nSPS) is 15.1. The number of alkyl carbamates (subject to hydrolysis) is 1. The van der Waals surface area contributed by atoms with Gasteiger partial charge in [0.25, 0.3) is 0 Å². The van der Waals surface area contributed by atoms with Crippen LogP contribution >= 0.6 is 12.6 Å². The summed E-state index contributed by atoms with van der Waals surface area (Å²) in [5.74, 6) is -2.08. The molecule has 2 amide bonds. The number of thiol groups is 1. The van der Waals surface area contributed by atoms with Crippen LogP contribution in [-0.2, 0) is 14.3 Å². The molecule has 32 heavy (non-hydrogen) atoms. The Labute approximate surface area is 193 Å². The summed E-state index contributed by atoms with van der Waals surface area (Å²) in [6.45, 7) is 3.71. The van der Waals surface area contributed by atoms with Gasteiger partial charge in [-0.25, -0.2) is 9.59 Å². The molecule has 1 aliphatic carbocycles. The minimum Gasteiger partial charge on any atom is -0.480 e. The van der Waals surface area contributed by atoms with E-state index in [1.54, 1.807) is 6.92 Å². The Bertz CT molecular complexity index is 950. The molecule has 0 heterocycles. The van der Waals surface area contributed by atoms with Gasteiger partial charge in [0, 0.05) is 11.7 Å². The average molecular weight is 457 g/mol. The molecule has 3 rings (SSSR count). The summed E-state index contributed by atoms with van der Waals surface area (Å²) in [6.07, 6.45) is -0.167. The summed E-state index contributed by atoms with van der Waals surface area (Å²) < 4.78 is 5.46. The van der Waals surface area contributed by atoms with E-state index in [4.69, 9.17) is 4.74 Å². The van der Waals surface area contributed by atoms with Gasteiger partial charge in [-0.15, -0.1) is 0 Å².